The highest BCUT2D eigenvalue weighted by Crippen LogP contribution is 2.39. The van der Waals surface area contributed by atoms with Gasteiger partial charge in [-0.05, 0) is 24.1 Å². The van der Waals surface area contributed by atoms with Crippen molar-refractivity contribution in [2.45, 2.75) is 24.7 Å². The molecule has 6 heteroatoms. The van der Waals surface area contributed by atoms with E-state index in [2.05, 4.69) is 0 Å². The molecule has 2 unspecified atom stereocenters. The van der Waals surface area contributed by atoms with Crippen LogP contribution in [0.4, 0.5) is 0 Å². The van der Waals surface area contributed by atoms with Gasteiger partial charge in [0.25, 0.3) is 0 Å². The Morgan fingerprint density at radius 1 is 1.38 bits per heavy atom. The average molecular weight is 307 g/mol. The Bertz CT molecular complexity index is 721. The van der Waals surface area contributed by atoms with Gasteiger partial charge in [0.1, 0.15) is 23.7 Å². The number of sulfonamides is 1. The standard InChI is InChI=1S/C15H17NO4S/c1-2-14(21(16,17)18)15-12-9-20-13-6-4-3-5-11(13)10(12)7-8-19-15/h3-8,14-15H,2,9H2,1H3,(H2,16,17,18). The van der Waals surface area contributed by atoms with E-state index in [1.165, 1.54) is 0 Å². The molecule has 0 aliphatic carbocycles. The van der Waals surface area contributed by atoms with Gasteiger partial charge in [-0.15, -0.1) is 0 Å². The van der Waals surface area contributed by atoms with Crippen LogP contribution in [0.1, 0.15) is 18.9 Å². The van der Waals surface area contributed by atoms with Crippen molar-refractivity contribution >= 4 is 15.6 Å². The maximum absolute atomic E-state index is 11.8. The number of primary sulfonamides is 1. The fourth-order valence-corrected chi connectivity index (χ4v) is 3.90. The molecular weight excluding hydrogens is 290 g/mol. The number of rotatable bonds is 3. The van der Waals surface area contributed by atoms with Crippen LogP contribution in [0.15, 0.2) is 42.2 Å². The first-order chi connectivity index (χ1) is 10.0. The van der Waals surface area contributed by atoms with Gasteiger partial charge in [0, 0.05) is 11.1 Å². The van der Waals surface area contributed by atoms with Crippen LogP contribution in [-0.4, -0.2) is 26.4 Å². The molecule has 21 heavy (non-hydrogen) atoms. The lowest BCUT2D eigenvalue weighted by molar-refractivity contribution is 0.150. The molecule has 3 rings (SSSR count). The van der Waals surface area contributed by atoms with Gasteiger partial charge in [-0.3, -0.25) is 0 Å². The summed E-state index contributed by atoms with van der Waals surface area (Å²) in [5.41, 5.74) is 2.75. The van der Waals surface area contributed by atoms with Crippen molar-refractivity contribution in [2.75, 3.05) is 6.61 Å². The lowest BCUT2D eigenvalue weighted by Gasteiger charge is -2.33. The summed E-state index contributed by atoms with van der Waals surface area (Å²) in [7, 11) is -3.69. The van der Waals surface area contributed by atoms with Gasteiger partial charge in [0.05, 0.1) is 6.26 Å². The lowest BCUT2D eigenvalue weighted by atomic mass is 9.91. The molecule has 2 aliphatic heterocycles. The van der Waals surface area contributed by atoms with Crippen LogP contribution in [0, 0.1) is 0 Å². The van der Waals surface area contributed by atoms with Crippen LogP contribution in [0.25, 0.3) is 5.57 Å². The Balaban J connectivity index is 2.08. The lowest BCUT2D eigenvalue weighted by Crippen LogP contribution is -2.42. The van der Waals surface area contributed by atoms with Crippen molar-refractivity contribution in [3.8, 4) is 5.75 Å². The minimum atomic E-state index is -3.69. The summed E-state index contributed by atoms with van der Waals surface area (Å²) in [6.07, 6.45) is 3.18. The van der Waals surface area contributed by atoms with E-state index < -0.39 is 21.4 Å². The number of hydrogen-bond acceptors (Lipinski definition) is 4. The molecule has 0 radical (unpaired) electrons. The van der Waals surface area contributed by atoms with Gasteiger partial charge in [-0.2, -0.15) is 0 Å². The van der Waals surface area contributed by atoms with E-state index in [-0.39, 0.29) is 0 Å². The SMILES string of the molecule is CCC(C1OC=CC2=C1COc1ccccc12)S(N)(=O)=O. The maximum Gasteiger partial charge on any atom is 0.215 e. The molecular formula is C15H17NO4S. The third-order valence-electron chi connectivity index (χ3n) is 3.87. The van der Waals surface area contributed by atoms with Gasteiger partial charge in [0.2, 0.25) is 10.0 Å². The molecule has 2 atom stereocenters. The summed E-state index contributed by atoms with van der Waals surface area (Å²) in [6, 6.07) is 7.68. The molecule has 0 saturated carbocycles. The second kappa shape index (κ2) is 5.20. The van der Waals surface area contributed by atoms with Gasteiger partial charge in [-0.25, -0.2) is 13.6 Å². The van der Waals surface area contributed by atoms with E-state index in [9.17, 15) is 8.42 Å². The van der Waals surface area contributed by atoms with Crippen LogP contribution in [-0.2, 0) is 14.8 Å². The topological polar surface area (TPSA) is 78.6 Å². The summed E-state index contributed by atoms with van der Waals surface area (Å²) in [4.78, 5) is 0. The van der Waals surface area contributed by atoms with Gasteiger partial charge >= 0.3 is 0 Å². The Kier molecular flexibility index (Phi) is 3.51. The van der Waals surface area contributed by atoms with E-state index in [0.29, 0.717) is 13.0 Å². The van der Waals surface area contributed by atoms with Gasteiger partial charge in [0.15, 0.2) is 0 Å². The second-order valence-electron chi connectivity index (χ2n) is 5.12. The Hall–Kier alpha value is -1.79. The average Bonchev–Trinajstić information content (AvgIpc) is 2.46. The molecule has 0 bridgehead atoms. The third-order valence-corrected chi connectivity index (χ3v) is 5.30. The number of para-hydroxylation sites is 1. The summed E-state index contributed by atoms with van der Waals surface area (Å²) >= 11 is 0. The number of fused-ring (bicyclic) bond motifs is 2. The zero-order valence-electron chi connectivity index (χ0n) is 11.7. The molecule has 0 fully saturated rings. The van der Waals surface area contributed by atoms with Crippen molar-refractivity contribution in [2.24, 2.45) is 5.14 Å². The van der Waals surface area contributed by atoms with Crippen LogP contribution >= 0.6 is 0 Å². The van der Waals surface area contributed by atoms with Crippen molar-refractivity contribution in [1.82, 2.24) is 0 Å². The van der Waals surface area contributed by atoms with Crippen LogP contribution in [0.5, 0.6) is 5.75 Å². The van der Waals surface area contributed by atoms with Crippen LogP contribution < -0.4 is 9.88 Å². The summed E-state index contributed by atoms with van der Waals surface area (Å²) < 4.78 is 34.9. The Labute approximate surface area is 124 Å². The monoisotopic (exact) mass is 307 g/mol. The quantitative estimate of drug-likeness (QED) is 0.923. The number of hydrogen-bond donors (Lipinski definition) is 1. The molecule has 112 valence electrons. The number of benzene rings is 1. The predicted molar refractivity (Wildman–Crippen MR) is 80.1 cm³/mol. The van der Waals surface area contributed by atoms with E-state index >= 15 is 0 Å². The molecule has 2 heterocycles. The zero-order chi connectivity index (χ0) is 15.0. The predicted octanol–water partition coefficient (Wildman–Crippen LogP) is 1.81. The van der Waals surface area contributed by atoms with Crippen LogP contribution in [0.3, 0.4) is 0 Å². The highest BCUT2D eigenvalue weighted by molar-refractivity contribution is 7.89. The zero-order valence-corrected chi connectivity index (χ0v) is 12.5. The smallest absolute Gasteiger partial charge is 0.215 e. The van der Waals surface area contributed by atoms with Crippen molar-refractivity contribution in [3.63, 3.8) is 0 Å². The van der Waals surface area contributed by atoms with E-state index in [0.717, 1.165) is 22.5 Å². The number of ether oxygens (including phenoxy) is 2. The molecule has 5 nitrogen and oxygen atoms in total. The summed E-state index contributed by atoms with van der Waals surface area (Å²) in [5.74, 6) is 0.796. The normalized spacial score (nSPS) is 21.9. The highest BCUT2D eigenvalue weighted by Gasteiger charge is 2.38. The van der Waals surface area contributed by atoms with Crippen LogP contribution in [0.2, 0.25) is 0 Å². The molecule has 0 spiro atoms. The minimum Gasteiger partial charge on any atom is -0.492 e. The van der Waals surface area contributed by atoms with E-state index in [4.69, 9.17) is 14.6 Å². The fourth-order valence-electron chi connectivity index (χ4n) is 2.86. The molecule has 2 N–H and O–H groups in total. The first kappa shape index (κ1) is 14.2. The summed E-state index contributed by atoms with van der Waals surface area (Å²) in [5, 5.41) is 4.57. The Morgan fingerprint density at radius 2 is 2.14 bits per heavy atom. The van der Waals surface area contributed by atoms with E-state index in [1.807, 2.05) is 30.3 Å². The van der Waals surface area contributed by atoms with Crippen molar-refractivity contribution in [1.29, 1.82) is 0 Å². The molecule has 2 aliphatic rings. The first-order valence-electron chi connectivity index (χ1n) is 6.81. The fraction of sp³-hybridized carbons (Fsp3) is 0.333. The molecule has 0 amide bonds. The van der Waals surface area contributed by atoms with Gasteiger partial charge in [-0.1, -0.05) is 25.1 Å². The van der Waals surface area contributed by atoms with Gasteiger partial charge < -0.3 is 9.47 Å². The largest absolute Gasteiger partial charge is 0.492 e. The van der Waals surface area contributed by atoms with E-state index in [1.54, 1.807) is 13.2 Å². The number of nitrogens with two attached hydrogens (primary N) is 1. The minimum absolute atomic E-state index is 0.313. The number of allylic oxidation sites excluding steroid dienone is 2. The first-order valence-corrected chi connectivity index (χ1v) is 8.42. The molecule has 0 saturated heterocycles. The molecule has 1 aromatic carbocycles. The summed E-state index contributed by atoms with van der Waals surface area (Å²) in [6.45, 7) is 2.10. The van der Waals surface area contributed by atoms with Crippen molar-refractivity contribution < 1.29 is 17.9 Å². The second-order valence-corrected chi connectivity index (χ2v) is 6.90. The highest BCUT2D eigenvalue weighted by atomic mass is 32.2. The Morgan fingerprint density at radius 3 is 2.86 bits per heavy atom. The van der Waals surface area contributed by atoms with Crippen molar-refractivity contribution in [3.05, 3.63) is 47.7 Å². The maximum atomic E-state index is 11.8. The molecule has 0 aromatic heterocycles. The molecule has 1 aromatic rings. The third kappa shape index (κ3) is 2.45.